The van der Waals surface area contributed by atoms with Crippen molar-refractivity contribution >= 4 is 41.4 Å². The number of carbonyl (C=O) groups excluding carboxylic acids is 7. The van der Waals surface area contributed by atoms with Gasteiger partial charge in [0.25, 0.3) is 0 Å². The molecule has 286 valence electrons. The highest BCUT2D eigenvalue weighted by molar-refractivity contribution is 5.97. The van der Waals surface area contributed by atoms with Crippen molar-refractivity contribution in [1.29, 1.82) is 0 Å². The summed E-state index contributed by atoms with van der Waals surface area (Å²) in [5.74, 6) is -2.59. The van der Waals surface area contributed by atoms with Gasteiger partial charge in [0.1, 0.15) is 18.1 Å². The molecule has 0 aliphatic carbocycles. The van der Waals surface area contributed by atoms with Crippen LogP contribution >= 0.6 is 0 Å². The van der Waals surface area contributed by atoms with Crippen LogP contribution in [-0.4, -0.2) is 109 Å². The van der Waals surface area contributed by atoms with Gasteiger partial charge < -0.3 is 46.9 Å². The molecule has 1 saturated heterocycles. The highest BCUT2D eigenvalue weighted by atomic mass is 16.5. The van der Waals surface area contributed by atoms with Crippen LogP contribution in [0.15, 0.2) is 34.9 Å². The van der Waals surface area contributed by atoms with E-state index in [2.05, 4.69) is 31.9 Å². The number of amides is 6. The molecule has 0 radical (unpaired) electrons. The lowest BCUT2D eigenvalue weighted by Crippen LogP contribution is -2.61. The van der Waals surface area contributed by atoms with E-state index in [1.165, 1.54) is 25.2 Å². The van der Waals surface area contributed by atoms with E-state index in [9.17, 15) is 33.6 Å². The minimum absolute atomic E-state index is 0.00914. The van der Waals surface area contributed by atoms with Crippen LogP contribution in [0, 0.1) is 0 Å². The van der Waals surface area contributed by atoms with E-state index in [1.807, 2.05) is 0 Å². The Kier molecular flexibility index (Phi) is 22.1. The van der Waals surface area contributed by atoms with Crippen molar-refractivity contribution in [1.82, 2.24) is 31.9 Å². The van der Waals surface area contributed by atoms with Gasteiger partial charge in [-0.25, -0.2) is 4.79 Å². The fraction of sp³-hybridized carbons (Fsp3) is 0.629. The van der Waals surface area contributed by atoms with Gasteiger partial charge in [0.05, 0.1) is 6.61 Å². The first-order chi connectivity index (χ1) is 24.2. The van der Waals surface area contributed by atoms with Gasteiger partial charge in [-0.05, 0) is 72.1 Å². The third-order valence-electron chi connectivity index (χ3n) is 7.72. The molecule has 16 nitrogen and oxygen atoms in total. The van der Waals surface area contributed by atoms with Gasteiger partial charge in [-0.1, -0.05) is 16.7 Å². The highest BCUT2D eigenvalue weighted by Crippen LogP contribution is 2.09. The average molecular weight is 721 g/mol. The highest BCUT2D eigenvalue weighted by Gasteiger charge is 2.32. The Balaban J connectivity index is 2.34. The Labute approximate surface area is 299 Å². The van der Waals surface area contributed by atoms with Crippen molar-refractivity contribution in [3.8, 4) is 0 Å². The first-order valence-corrected chi connectivity index (χ1v) is 17.4. The standard InChI is InChI=1S/C35H56N6O10/c1-23(11-17-42)20-30(45)36-14-5-8-27-33(48)41-28(34(49)40-27)9-6-15-37-32(47)22-25(3)13-19-51-35(50)29(39-26(4)44)10-7-16-38-31(46)21-24(2)12-18-43/h20-22,27-29,42-43H,5-19H2,1-4H3,(H,36,45)(H,37,47)(H,38,46)(H,39,44)(H,40,49)(H,41,48)/b23-20+,24-21+,25-22+/t27-,28-,29-/m0/s1. The van der Waals surface area contributed by atoms with Gasteiger partial charge in [0.15, 0.2) is 0 Å². The molecule has 51 heavy (non-hydrogen) atoms. The summed E-state index contributed by atoms with van der Waals surface area (Å²) in [6, 6.07) is -2.31. The molecule has 0 saturated carbocycles. The number of aliphatic hydroxyl groups is 2. The van der Waals surface area contributed by atoms with E-state index in [0.29, 0.717) is 57.1 Å². The van der Waals surface area contributed by atoms with E-state index in [0.717, 1.165) is 11.1 Å². The molecule has 1 heterocycles. The lowest BCUT2D eigenvalue weighted by atomic mass is 10.0. The van der Waals surface area contributed by atoms with Gasteiger partial charge in [-0.3, -0.25) is 28.8 Å². The third-order valence-corrected chi connectivity index (χ3v) is 7.72. The van der Waals surface area contributed by atoms with E-state index < -0.39 is 30.0 Å². The SMILES string of the molecule is CC(=O)N[C@@H](CCCNC(=O)/C=C(\C)CCO)C(=O)OCC/C(C)=C/C(=O)NCCC[C@@H]1NC(=O)[C@H](CCCNC(=O)/C=C(\C)CCO)NC1=O. The zero-order valence-corrected chi connectivity index (χ0v) is 30.2. The minimum Gasteiger partial charge on any atom is -0.464 e. The van der Waals surface area contributed by atoms with Crippen LogP contribution in [0.25, 0.3) is 0 Å². The van der Waals surface area contributed by atoms with Gasteiger partial charge in [0.2, 0.25) is 35.4 Å². The van der Waals surface area contributed by atoms with Crippen molar-refractivity contribution in [3.63, 3.8) is 0 Å². The van der Waals surface area contributed by atoms with E-state index in [-0.39, 0.29) is 75.3 Å². The Bertz CT molecular complexity index is 1300. The maximum Gasteiger partial charge on any atom is 0.328 e. The number of carbonyl (C=O) groups is 7. The molecule has 3 atom stereocenters. The maximum atomic E-state index is 12.6. The van der Waals surface area contributed by atoms with Crippen LogP contribution in [0.1, 0.15) is 85.5 Å². The maximum absolute atomic E-state index is 12.6. The quantitative estimate of drug-likeness (QED) is 0.0368. The molecule has 0 aromatic carbocycles. The summed E-state index contributed by atoms with van der Waals surface area (Å²) in [6.45, 7) is 7.27. The van der Waals surface area contributed by atoms with Crippen molar-refractivity contribution in [2.75, 3.05) is 39.5 Å². The second-order valence-electron chi connectivity index (χ2n) is 12.5. The van der Waals surface area contributed by atoms with Crippen LogP contribution in [0.2, 0.25) is 0 Å². The summed E-state index contributed by atoms with van der Waals surface area (Å²) in [4.78, 5) is 85.3. The fourth-order valence-electron chi connectivity index (χ4n) is 4.94. The van der Waals surface area contributed by atoms with E-state index >= 15 is 0 Å². The average Bonchev–Trinajstić information content (AvgIpc) is 3.04. The first-order valence-electron chi connectivity index (χ1n) is 17.4. The smallest absolute Gasteiger partial charge is 0.328 e. The van der Waals surface area contributed by atoms with Crippen LogP contribution in [0.5, 0.6) is 0 Å². The Morgan fingerprint density at radius 1 is 0.686 bits per heavy atom. The predicted octanol–water partition coefficient (Wildman–Crippen LogP) is -0.299. The molecular weight excluding hydrogens is 664 g/mol. The van der Waals surface area contributed by atoms with Crippen molar-refractivity contribution < 1.29 is 48.5 Å². The molecule has 16 heteroatoms. The molecule has 0 bridgehead atoms. The molecule has 1 aliphatic heterocycles. The monoisotopic (exact) mass is 720 g/mol. The summed E-state index contributed by atoms with van der Waals surface area (Å²) < 4.78 is 5.32. The van der Waals surface area contributed by atoms with Crippen LogP contribution in [0.4, 0.5) is 0 Å². The molecule has 0 spiro atoms. The zero-order valence-electron chi connectivity index (χ0n) is 30.2. The lowest BCUT2D eigenvalue weighted by Gasteiger charge is -2.29. The van der Waals surface area contributed by atoms with Crippen LogP contribution in [0.3, 0.4) is 0 Å². The summed E-state index contributed by atoms with van der Waals surface area (Å²) in [5.41, 5.74) is 2.15. The third kappa shape index (κ3) is 20.6. The minimum atomic E-state index is -0.893. The zero-order chi connectivity index (χ0) is 38.2. The number of hydrogen-bond donors (Lipinski definition) is 8. The van der Waals surface area contributed by atoms with Crippen LogP contribution in [-0.2, 0) is 38.3 Å². The van der Waals surface area contributed by atoms with Gasteiger partial charge >= 0.3 is 5.97 Å². The second kappa shape index (κ2) is 25.4. The number of aliphatic hydroxyl groups excluding tert-OH is 2. The molecule has 8 N–H and O–H groups in total. The second-order valence-corrected chi connectivity index (χ2v) is 12.5. The largest absolute Gasteiger partial charge is 0.464 e. The van der Waals surface area contributed by atoms with E-state index in [1.54, 1.807) is 20.8 Å². The van der Waals surface area contributed by atoms with Crippen molar-refractivity contribution in [2.45, 2.75) is 104 Å². The molecule has 1 rings (SSSR count). The van der Waals surface area contributed by atoms with Gasteiger partial charge in [-0.2, -0.15) is 0 Å². The molecular formula is C35H56N6O10. The normalized spacial score (nSPS) is 17.1. The number of ether oxygens (including phenoxy) is 1. The molecule has 0 aromatic rings. The number of rotatable bonds is 24. The Hall–Kier alpha value is -4.57. The molecule has 6 amide bonds. The molecule has 1 fully saturated rings. The summed E-state index contributed by atoms with van der Waals surface area (Å²) in [5, 5.41) is 34.0. The molecule has 1 aliphatic rings. The number of hydrogen-bond acceptors (Lipinski definition) is 10. The van der Waals surface area contributed by atoms with Crippen molar-refractivity contribution in [3.05, 3.63) is 34.9 Å². The van der Waals surface area contributed by atoms with Crippen molar-refractivity contribution in [2.24, 2.45) is 0 Å². The Morgan fingerprint density at radius 3 is 1.51 bits per heavy atom. The van der Waals surface area contributed by atoms with Crippen LogP contribution < -0.4 is 31.9 Å². The summed E-state index contributed by atoms with van der Waals surface area (Å²) in [6.07, 6.45) is 7.54. The topological polar surface area (TPSA) is 241 Å². The first kappa shape index (κ1) is 44.5. The van der Waals surface area contributed by atoms with Gasteiger partial charge in [-0.15, -0.1) is 0 Å². The fourth-order valence-corrected chi connectivity index (χ4v) is 4.94. The summed E-state index contributed by atoms with van der Waals surface area (Å²) >= 11 is 0. The number of esters is 1. The predicted molar refractivity (Wildman–Crippen MR) is 188 cm³/mol. The molecule has 0 aromatic heterocycles. The number of nitrogens with one attached hydrogen (secondary N) is 6. The Morgan fingerprint density at radius 2 is 1.10 bits per heavy atom. The lowest BCUT2D eigenvalue weighted by molar-refractivity contribution is -0.147. The van der Waals surface area contributed by atoms with E-state index in [4.69, 9.17) is 14.9 Å². The molecule has 0 unspecified atom stereocenters. The summed E-state index contributed by atoms with van der Waals surface area (Å²) in [7, 11) is 0. The van der Waals surface area contributed by atoms with Gasteiger partial charge in [0, 0.05) is 64.4 Å². The number of piperazine rings is 1.